The molecule has 0 radical (unpaired) electrons. The molecular weight excluding hydrogens is 334 g/mol. The minimum atomic E-state index is -0.0569. The second-order valence-electron chi connectivity index (χ2n) is 6.55. The van der Waals surface area contributed by atoms with Gasteiger partial charge in [0.1, 0.15) is 0 Å². The van der Waals surface area contributed by atoms with Crippen molar-refractivity contribution in [1.82, 2.24) is 0 Å². The van der Waals surface area contributed by atoms with Crippen molar-refractivity contribution in [1.29, 1.82) is 0 Å². The summed E-state index contributed by atoms with van der Waals surface area (Å²) in [5.41, 5.74) is 2.03. The summed E-state index contributed by atoms with van der Waals surface area (Å²) >= 11 is 6.31. The van der Waals surface area contributed by atoms with Crippen molar-refractivity contribution in [2.75, 3.05) is 43.0 Å². The first-order valence-corrected chi connectivity index (χ1v) is 9.12. The highest BCUT2D eigenvalue weighted by molar-refractivity contribution is 6.33. The predicted molar refractivity (Wildman–Crippen MR) is 104 cm³/mol. The van der Waals surface area contributed by atoms with Gasteiger partial charge < -0.3 is 14.7 Å². The molecule has 3 rings (SSSR count). The molecule has 0 bridgehead atoms. The number of carbonyl (C=O) groups excluding carboxylic acids is 1. The second-order valence-corrected chi connectivity index (χ2v) is 6.96. The largest absolute Gasteiger partial charge is 0.359 e. The lowest BCUT2D eigenvalue weighted by molar-refractivity contribution is -0.914. The normalized spacial score (nSPS) is 16.5. The van der Waals surface area contributed by atoms with Crippen LogP contribution in [0.3, 0.4) is 0 Å². The van der Waals surface area contributed by atoms with Crippen molar-refractivity contribution in [3.8, 4) is 0 Å². The molecule has 0 unspecified atom stereocenters. The molecule has 0 aliphatic carbocycles. The molecule has 1 amide bonds. The molecule has 2 aromatic carbocycles. The summed E-state index contributed by atoms with van der Waals surface area (Å²) in [6.07, 6.45) is 0. The SMILES string of the molecule is C[C@H](C(=O)N(C)c1ccccc1)[NH+]1CCN(c2ccccc2Cl)CC1. The fourth-order valence-electron chi connectivity index (χ4n) is 3.42. The smallest absolute Gasteiger partial charge is 0.284 e. The van der Waals surface area contributed by atoms with Gasteiger partial charge in [0.05, 0.1) is 36.9 Å². The third kappa shape index (κ3) is 3.97. The average Bonchev–Trinajstić information content (AvgIpc) is 2.67. The Morgan fingerprint density at radius 2 is 1.68 bits per heavy atom. The number of likely N-dealkylation sites (N-methyl/N-ethyl adjacent to an activating group) is 1. The standard InChI is InChI=1S/C20H24ClN3O/c1-16(20(25)22(2)17-8-4-3-5-9-17)23-12-14-24(15-13-23)19-11-7-6-10-18(19)21/h3-11,16H,12-15H2,1-2H3/p+1/t16-/m1/s1. The molecule has 1 fully saturated rings. The number of benzene rings is 2. The summed E-state index contributed by atoms with van der Waals surface area (Å²) in [5.74, 6) is 0.160. The minimum Gasteiger partial charge on any atom is -0.359 e. The van der Waals surface area contributed by atoms with Gasteiger partial charge in [-0.05, 0) is 31.2 Å². The van der Waals surface area contributed by atoms with Gasteiger partial charge in [0.25, 0.3) is 5.91 Å². The van der Waals surface area contributed by atoms with Gasteiger partial charge >= 0.3 is 0 Å². The first-order valence-electron chi connectivity index (χ1n) is 8.74. The summed E-state index contributed by atoms with van der Waals surface area (Å²) in [6.45, 7) is 5.71. The number of quaternary nitrogens is 1. The summed E-state index contributed by atoms with van der Waals surface area (Å²) < 4.78 is 0. The predicted octanol–water partition coefficient (Wildman–Crippen LogP) is 2.10. The van der Waals surface area contributed by atoms with Crippen molar-refractivity contribution in [3.05, 3.63) is 59.6 Å². The van der Waals surface area contributed by atoms with Gasteiger partial charge in [-0.15, -0.1) is 0 Å². The molecule has 1 heterocycles. The van der Waals surface area contributed by atoms with Gasteiger partial charge in [0.15, 0.2) is 6.04 Å². The zero-order valence-electron chi connectivity index (χ0n) is 14.8. The van der Waals surface area contributed by atoms with E-state index < -0.39 is 0 Å². The average molecular weight is 359 g/mol. The number of amides is 1. The van der Waals surface area contributed by atoms with E-state index in [2.05, 4.69) is 11.0 Å². The van der Waals surface area contributed by atoms with E-state index in [1.165, 1.54) is 4.90 Å². The Balaban J connectivity index is 1.61. The van der Waals surface area contributed by atoms with Crippen LogP contribution >= 0.6 is 11.6 Å². The van der Waals surface area contributed by atoms with Crippen LogP contribution in [-0.2, 0) is 4.79 Å². The molecule has 0 saturated carbocycles. The van der Waals surface area contributed by atoms with Gasteiger partial charge in [-0.1, -0.05) is 41.9 Å². The summed E-state index contributed by atoms with van der Waals surface area (Å²) in [6, 6.07) is 17.7. The molecule has 25 heavy (non-hydrogen) atoms. The molecule has 1 N–H and O–H groups in total. The molecule has 0 spiro atoms. The van der Waals surface area contributed by atoms with E-state index in [0.29, 0.717) is 0 Å². The number of hydrogen-bond donors (Lipinski definition) is 1. The molecule has 0 aromatic heterocycles. The number of para-hydroxylation sites is 2. The van der Waals surface area contributed by atoms with Crippen LogP contribution in [0.4, 0.5) is 11.4 Å². The number of nitrogens with one attached hydrogen (secondary N) is 1. The molecule has 1 aliphatic rings. The molecule has 2 aromatic rings. The summed E-state index contributed by atoms with van der Waals surface area (Å²) in [5, 5.41) is 0.791. The Labute approximate surface area is 154 Å². The van der Waals surface area contributed by atoms with Crippen LogP contribution in [0.15, 0.2) is 54.6 Å². The highest BCUT2D eigenvalue weighted by Gasteiger charge is 2.31. The molecule has 1 saturated heterocycles. The lowest BCUT2D eigenvalue weighted by Crippen LogP contribution is -3.19. The molecule has 5 heteroatoms. The summed E-state index contributed by atoms with van der Waals surface area (Å²) in [4.78, 5) is 18.2. The van der Waals surface area contributed by atoms with Gasteiger partial charge in [-0.2, -0.15) is 0 Å². The number of carbonyl (C=O) groups is 1. The van der Waals surface area contributed by atoms with Crippen molar-refractivity contribution < 1.29 is 9.69 Å². The maximum absolute atomic E-state index is 12.8. The molecular formula is C20H25ClN3O+. The van der Waals surface area contributed by atoms with Gasteiger partial charge in [0, 0.05) is 12.7 Å². The topological polar surface area (TPSA) is 28.0 Å². The van der Waals surface area contributed by atoms with E-state index in [1.54, 1.807) is 4.90 Å². The van der Waals surface area contributed by atoms with Crippen LogP contribution < -0.4 is 14.7 Å². The van der Waals surface area contributed by atoms with Gasteiger partial charge in [0.2, 0.25) is 0 Å². The van der Waals surface area contributed by atoms with Crippen LogP contribution in [0.1, 0.15) is 6.92 Å². The van der Waals surface area contributed by atoms with E-state index in [4.69, 9.17) is 11.6 Å². The van der Waals surface area contributed by atoms with E-state index in [9.17, 15) is 4.79 Å². The minimum absolute atomic E-state index is 0.0569. The molecule has 1 aliphatic heterocycles. The van der Waals surface area contributed by atoms with E-state index in [-0.39, 0.29) is 11.9 Å². The van der Waals surface area contributed by atoms with Crippen LogP contribution in [-0.4, -0.2) is 45.2 Å². The Kier molecular flexibility index (Phi) is 5.61. The first-order chi connectivity index (χ1) is 12.1. The quantitative estimate of drug-likeness (QED) is 0.906. The number of hydrogen-bond acceptors (Lipinski definition) is 2. The van der Waals surface area contributed by atoms with Crippen molar-refractivity contribution in [3.63, 3.8) is 0 Å². The highest BCUT2D eigenvalue weighted by atomic mass is 35.5. The van der Waals surface area contributed by atoms with Gasteiger partial charge in [-0.25, -0.2) is 0 Å². The van der Waals surface area contributed by atoms with Crippen LogP contribution in [0.2, 0.25) is 5.02 Å². The molecule has 4 nitrogen and oxygen atoms in total. The number of piperazine rings is 1. The second kappa shape index (κ2) is 7.89. The fourth-order valence-corrected chi connectivity index (χ4v) is 3.68. The van der Waals surface area contributed by atoms with Gasteiger partial charge in [-0.3, -0.25) is 4.79 Å². The Morgan fingerprint density at radius 3 is 2.32 bits per heavy atom. The number of nitrogens with zero attached hydrogens (tertiary/aromatic N) is 2. The lowest BCUT2D eigenvalue weighted by Gasteiger charge is -2.37. The van der Waals surface area contributed by atoms with Crippen LogP contribution in [0, 0.1) is 0 Å². The van der Waals surface area contributed by atoms with E-state index in [1.807, 2.05) is 62.5 Å². The van der Waals surface area contributed by atoms with Crippen LogP contribution in [0.25, 0.3) is 0 Å². The zero-order chi connectivity index (χ0) is 17.8. The maximum Gasteiger partial charge on any atom is 0.284 e. The van der Waals surface area contributed by atoms with E-state index in [0.717, 1.165) is 42.6 Å². The number of anilines is 2. The highest BCUT2D eigenvalue weighted by Crippen LogP contribution is 2.24. The van der Waals surface area contributed by atoms with Crippen LogP contribution in [0.5, 0.6) is 0 Å². The van der Waals surface area contributed by atoms with E-state index >= 15 is 0 Å². The third-order valence-electron chi connectivity index (χ3n) is 5.06. The van der Waals surface area contributed by atoms with Crippen molar-refractivity contribution >= 4 is 28.9 Å². The Bertz CT molecular complexity index is 714. The number of halogens is 1. The first kappa shape index (κ1) is 17.8. The zero-order valence-corrected chi connectivity index (χ0v) is 15.5. The number of rotatable bonds is 4. The third-order valence-corrected chi connectivity index (χ3v) is 5.38. The molecule has 1 atom stereocenters. The molecule has 132 valence electrons. The Morgan fingerprint density at radius 1 is 1.08 bits per heavy atom. The van der Waals surface area contributed by atoms with Crippen molar-refractivity contribution in [2.24, 2.45) is 0 Å². The fraction of sp³-hybridized carbons (Fsp3) is 0.350. The lowest BCUT2D eigenvalue weighted by atomic mass is 10.1. The maximum atomic E-state index is 12.8. The monoisotopic (exact) mass is 358 g/mol. The van der Waals surface area contributed by atoms with Crippen molar-refractivity contribution in [2.45, 2.75) is 13.0 Å². The Hall–Kier alpha value is -2.04. The summed E-state index contributed by atoms with van der Waals surface area (Å²) in [7, 11) is 1.85.